The summed E-state index contributed by atoms with van der Waals surface area (Å²) in [5.74, 6) is -0.0740. The van der Waals surface area contributed by atoms with Crippen LogP contribution in [0, 0.1) is 0 Å². The summed E-state index contributed by atoms with van der Waals surface area (Å²) < 4.78 is 10.1. The first kappa shape index (κ1) is 25.9. The smallest absolute Gasteiger partial charge is 0.408 e. The highest BCUT2D eigenvalue weighted by molar-refractivity contribution is 5.87. The zero-order valence-electron chi connectivity index (χ0n) is 21.0. The molecule has 0 bridgehead atoms. The lowest BCUT2D eigenvalue weighted by Crippen LogP contribution is -2.46. The Hall–Kier alpha value is -4.13. The predicted octanol–water partition coefficient (Wildman–Crippen LogP) is 4.78. The molecular weight excluding hydrogens is 468 g/mol. The maximum Gasteiger partial charge on any atom is 0.408 e. The van der Waals surface area contributed by atoms with Gasteiger partial charge in [0.15, 0.2) is 0 Å². The number of hydrogen-bond acceptors (Lipinski definition) is 5. The van der Waals surface area contributed by atoms with E-state index in [0.717, 1.165) is 24.0 Å². The van der Waals surface area contributed by atoms with Gasteiger partial charge in [-0.2, -0.15) is 0 Å². The van der Waals surface area contributed by atoms with Gasteiger partial charge in [0.1, 0.15) is 12.6 Å². The average Bonchev–Trinajstić information content (AvgIpc) is 2.96. The van der Waals surface area contributed by atoms with Crippen LogP contribution in [0.15, 0.2) is 84.9 Å². The molecule has 1 saturated heterocycles. The lowest BCUT2D eigenvalue weighted by molar-refractivity contribution is -0.139. The number of rotatable bonds is 8. The molecule has 1 atom stereocenters. The number of nitrogens with one attached hydrogen (secondary N) is 1. The fourth-order valence-corrected chi connectivity index (χ4v) is 4.58. The number of carbonyl (C=O) groups is 3. The molecule has 1 aliphatic rings. The van der Waals surface area contributed by atoms with Crippen molar-refractivity contribution in [1.29, 1.82) is 0 Å². The third kappa shape index (κ3) is 7.19. The Bertz CT molecular complexity index is 1170. The van der Waals surface area contributed by atoms with Crippen LogP contribution in [-0.2, 0) is 32.1 Å². The Morgan fingerprint density at radius 1 is 0.865 bits per heavy atom. The molecule has 0 aromatic heterocycles. The Morgan fingerprint density at radius 3 is 2.11 bits per heavy atom. The summed E-state index contributed by atoms with van der Waals surface area (Å²) >= 11 is 0. The van der Waals surface area contributed by atoms with Gasteiger partial charge in [0.05, 0.1) is 13.5 Å². The third-order valence-corrected chi connectivity index (χ3v) is 6.69. The largest absolute Gasteiger partial charge is 0.469 e. The third-order valence-electron chi connectivity index (χ3n) is 6.69. The van der Waals surface area contributed by atoms with Crippen molar-refractivity contribution in [1.82, 2.24) is 10.2 Å². The number of piperidine rings is 1. The summed E-state index contributed by atoms with van der Waals surface area (Å²) in [6.07, 6.45) is 1.27. The molecule has 7 heteroatoms. The molecular formula is C30H32N2O5. The van der Waals surface area contributed by atoms with Crippen molar-refractivity contribution in [2.24, 2.45) is 0 Å². The highest BCUT2D eigenvalue weighted by atomic mass is 16.5. The molecule has 4 rings (SSSR count). The Labute approximate surface area is 217 Å². The number of ether oxygens (including phenoxy) is 2. The van der Waals surface area contributed by atoms with Gasteiger partial charge in [0, 0.05) is 13.1 Å². The number of esters is 1. The van der Waals surface area contributed by atoms with Crippen LogP contribution in [0.1, 0.15) is 47.1 Å². The van der Waals surface area contributed by atoms with Crippen LogP contribution >= 0.6 is 0 Å². The van der Waals surface area contributed by atoms with E-state index in [1.807, 2.05) is 77.7 Å². The minimum absolute atomic E-state index is 0.131. The van der Waals surface area contributed by atoms with Gasteiger partial charge in [0.25, 0.3) is 0 Å². The monoisotopic (exact) mass is 500 g/mol. The van der Waals surface area contributed by atoms with Gasteiger partial charge in [-0.3, -0.25) is 9.59 Å². The lowest BCUT2D eigenvalue weighted by atomic mass is 9.88. The first-order valence-corrected chi connectivity index (χ1v) is 12.5. The van der Waals surface area contributed by atoms with Crippen molar-refractivity contribution in [3.8, 4) is 0 Å². The first-order valence-electron chi connectivity index (χ1n) is 12.5. The molecule has 1 aliphatic heterocycles. The summed E-state index contributed by atoms with van der Waals surface area (Å²) in [5.41, 5.74) is 3.70. The van der Waals surface area contributed by atoms with E-state index in [9.17, 15) is 14.4 Å². The van der Waals surface area contributed by atoms with Crippen molar-refractivity contribution in [3.63, 3.8) is 0 Å². The summed E-state index contributed by atoms with van der Waals surface area (Å²) in [7, 11) is 1.39. The van der Waals surface area contributed by atoms with Gasteiger partial charge < -0.3 is 19.7 Å². The predicted molar refractivity (Wildman–Crippen MR) is 140 cm³/mol. The van der Waals surface area contributed by atoms with Crippen molar-refractivity contribution in [2.45, 2.75) is 37.8 Å². The van der Waals surface area contributed by atoms with Gasteiger partial charge in [-0.25, -0.2) is 4.79 Å². The molecule has 0 spiro atoms. The van der Waals surface area contributed by atoms with E-state index in [1.54, 1.807) is 0 Å². The minimum Gasteiger partial charge on any atom is -0.469 e. The standard InChI is InChI=1S/C30H32N2O5/c1-36-27(33)20-22-12-14-24(15-13-22)25-16-18-32(19-17-25)29(34)28(26-10-6-3-7-11-26)31-30(35)37-21-23-8-4-2-5-9-23/h2-15,25,28H,16-21H2,1H3,(H,31,35)/t28-/m0/s1. The van der Waals surface area contributed by atoms with Crippen LogP contribution < -0.4 is 5.32 Å². The van der Waals surface area contributed by atoms with Crippen LogP contribution in [0.2, 0.25) is 0 Å². The number of alkyl carbamates (subject to hydrolysis) is 1. The Balaban J connectivity index is 1.36. The summed E-state index contributed by atoms with van der Waals surface area (Å²) in [6.45, 7) is 1.32. The molecule has 3 aromatic carbocycles. The van der Waals surface area contributed by atoms with E-state index in [4.69, 9.17) is 9.47 Å². The van der Waals surface area contributed by atoms with E-state index in [0.29, 0.717) is 24.6 Å². The quantitative estimate of drug-likeness (QED) is 0.450. The van der Waals surface area contributed by atoms with Crippen LogP contribution in [0.4, 0.5) is 4.79 Å². The molecule has 1 N–H and O–H groups in total. The van der Waals surface area contributed by atoms with Crippen molar-refractivity contribution in [3.05, 3.63) is 107 Å². The van der Waals surface area contributed by atoms with Crippen molar-refractivity contribution >= 4 is 18.0 Å². The second-order valence-corrected chi connectivity index (χ2v) is 9.14. The first-order chi connectivity index (χ1) is 18.0. The second-order valence-electron chi connectivity index (χ2n) is 9.14. The maximum absolute atomic E-state index is 13.5. The summed E-state index contributed by atoms with van der Waals surface area (Å²) in [6, 6.07) is 25.9. The van der Waals surface area contributed by atoms with Gasteiger partial charge in [-0.1, -0.05) is 84.9 Å². The number of amides is 2. The van der Waals surface area contributed by atoms with E-state index < -0.39 is 12.1 Å². The number of benzene rings is 3. The van der Waals surface area contributed by atoms with E-state index >= 15 is 0 Å². The second kappa shape index (κ2) is 12.7. The zero-order chi connectivity index (χ0) is 26.0. The molecule has 192 valence electrons. The maximum atomic E-state index is 13.5. The Morgan fingerprint density at radius 2 is 1.49 bits per heavy atom. The molecule has 3 aromatic rings. The van der Waals surface area contributed by atoms with Gasteiger partial charge in [-0.15, -0.1) is 0 Å². The normalized spacial score (nSPS) is 14.5. The molecule has 1 heterocycles. The molecule has 0 radical (unpaired) electrons. The Kier molecular flexibility index (Phi) is 8.92. The van der Waals surface area contributed by atoms with Gasteiger partial charge in [0.2, 0.25) is 5.91 Å². The fraction of sp³-hybridized carbons (Fsp3) is 0.300. The molecule has 1 fully saturated rings. The van der Waals surface area contributed by atoms with Crippen molar-refractivity contribution < 1.29 is 23.9 Å². The van der Waals surface area contributed by atoms with Gasteiger partial charge in [-0.05, 0) is 41.0 Å². The van der Waals surface area contributed by atoms with Crippen LogP contribution in [-0.4, -0.2) is 43.1 Å². The molecule has 0 unspecified atom stereocenters. The summed E-state index contributed by atoms with van der Waals surface area (Å²) in [4.78, 5) is 39.5. The van der Waals surface area contributed by atoms with E-state index in [1.165, 1.54) is 12.7 Å². The number of hydrogen-bond donors (Lipinski definition) is 1. The molecule has 2 amide bonds. The number of carbonyl (C=O) groups excluding carboxylic acids is 3. The fourth-order valence-electron chi connectivity index (χ4n) is 4.58. The zero-order valence-corrected chi connectivity index (χ0v) is 21.0. The summed E-state index contributed by atoms with van der Waals surface area (Å²) in [5, 5.41) is 2.78. The van der Waals surface area contributed by atoms with Crippen molar-refractivity contribution in [2.75, 3.05) is 20.2 Å². The molecule has 0 saturated carbocycles. The SMILES string of the molecule is COC(=O)Cc1ccc(C2CCN(C(=O)[C@@H](NC(=O)OCc3ccccc3)c3ccccc3)CC2)cc1. The highest BCUT2D eigenvalue weighted by Crippen LogP contribution is 2.30. The van der Waals surface area contributed by atoms with Crippen LogP contribution in [0.25, 0.3) is 0 Å². The highest BCUT2D eigenvalue weighted by Gasteiger charge is 2.31. The molecule has 7 nitrogen and oxygen atoms in total. The lowest BCUT2D eigenvalue weighted by Gasteiger charge is -2.34. The number of nitrogens with zero attached hydrogens (tertiary/aromatic N) is 1. The minimum atomic E-state index is -0.821. The van der Waals surface area contributed by atoms with Gasteiger partial charge >= 0.3 is 12.1 Å². The van der Waals surface area contributed by atoms with E-state index in [-0.39, 0.29) is 24.9 Å². The number of likely N-dealkylation sites (tertiary alicyclic amines) is 1. The van der Waals surface area contributed by atoms with E-state index in [2.05, 4.69) is 17.4 Å². The van der Waals surface area contributed by atoms with Crippen LogP contribution in [0.3, 0.4) is 0 Å². The molecule has 37 heavy (non-hydrogen) atoms. The topological polar surface area (TPSA) is 84.9 Å². The van der Waals surface area contributed by atoms with Crippen LogP contribution in [0.5, 0.6) is 0 Å². The number of methoxy groups -OCH3 is 1. The molecule has 0 aliphatic carbocycles. The average molecular weight is 501 g/mol.